The minimum Gasteiger partial charge on any atom is -0.497 e. The van der Waals surface area contributed by atoms with Crippen LogP contribution in [0.1, 0.15) is 27.4 Å². The van der Waals surface area contributed by atoms with Gasteiger partial charge < -0.3 is 29.6 Å². The number of fused-ring (bicyclic) bond motifs is 1. The lowest BCUT2D eigenvalue weighted by atomic mass is 9.90. The molecule has 1 heterocycles. The van der Waals surface area contributed by atoms with Crippen LogP contribution in [0.3, 0.4) is 0 Å². The fourth-order valence-corrected chi connectivity index (χ4v) is 4.10. The van der Waals surface area contributed by atoms with Gasteiger partial charge in [-0.25, -0.2) is 4.79 Å². The number of esters is 1. The third-order valence-electron chi connectivity index (χ3n) is 5.94. The molecule has 0 bridgehead atoms. The summed E-state index contributed by atoms with van der Waals surface area (Å²) >= 11 is 0. The van der Waals surface area contributed by atoms with E-state index in [1.165, 1.54) is 18.1 Å². The van der Waals surface area contributed by atoms with E-state index in [2.05, 4.69) is 40.8 Å². The summed E-state index contributed by atoms with van der Waals surface area (Å²) in [5.41, 5.74) is 3.82. The summed E-state index contributed by atoms with van der Waals surface area (Å²) in [5.74, 6) is 0.950. The topological polar surface area (TPSA) is 92.8 Å². The van der Waals surface area contributed by atoms with Crippen LogP contribution in [0.25, 0.3) is 10.9 Å². The number of para-hydroxylation sites is 1. The van der Waals surface area contributed by atoms with E-state index in [9.17, 15) is 9.90 Å². The van der Waals surface area contributed by atoms with Gasteiger partial charge in [-0.05, 0) is 47.5 Å². The molecule has 7 heteroatoms. The van der Waals surface area contributed by atoms with Crippen LogP contribution in [0.4, 0.5) is 0 Å². The third-order valence-corrected chi connectivity index (χ3v) is 5.94. The zero-order valence-electron chi connectivity index (χ0n) is 19.9. The molecule has 0 fully saturated rings. The standard InChI is InChI=1S/C28H30N2O5/c1-33-22-12-10-19(11-13-22)25(26-17-30-27-9-4-3-8-24(26)27)16-29-15-21(31)18-35-23-7-5-6-20(14-23)28(32)34-2/h3-14,17,21,25,29-31H,15-16,18H2,1-2H3/t21-,25+/m1/s1. The highest BCUT2D eigenvalue weighted by Gasteiger charge is 2.19. The maximum absolute atomic E-state index is 11.7. The number of aromatic amines is 1. The number of aromatic nitrogens is 1. The Labute approximate surface area is 204 Å². The molecular weight excluding hydrogens is 444 g/mol. The monoisotopic (exact) mass is 474 g/mol. The van der Waals surface area contributed by atoms with E-state index in [0.717, 1.165) is 16.8 Å². The number of nitrogens with one attached hydrogen (secondary N) is 2. The lowest BCUT2D eigenvalue weighted by Crippen LogP contribution is -2.34. The van der Waals surface area contributed by atoms with Crippen molar-refractivity contribution in [3.63, 3.8) is 0 Å². The van der Waals surface area contributed by atoms with Crippen molar-refractivity contribution in [3.05, 3.63) is 95.7 Å². The van der Waals surface area contributed by atoms with Gasteiger partial charge in [0.15, 0.2) is 0 Å². The Morgan fingerprint density at radius 3 is 2.54 bits per heavy atom. The first-order chi connectivity index (χ1) is 17.1. The summed E-state index contributed by atoms with van der Waals surface area (Å²) in [6.45, 7) is 1.08. The number of benzene rings is 3. The molecular formula is C28H30N2O5. The van der Waals surface area contributed by atoms with Crippen LogP contribution >= 0.6 is 0 Å². The predicted octanol–water partition coefficient (Wildman–Crippen LogP) is 4.12. The molecule has 0 aliphatic rings. The number of aliphatic hydroxyl groups is 1. The summed E-state index contributed by atoms with van der Waals surface area (Å²) in [6, 6.07) is 23.0. The third kappa shape index (κ3) is 6.01. The zero-order chi connectivity index (χ0) is 24.6. The molecule has 3 N–H and O–H groups in total. The lowest BCUT2D eigenvalue weighted by molar-refractivity contribution is 0.0600. The molecule has 0 amide bonds. The molecule has 0 radical (unpaired) electrons. The second kappa shape index (κ2) is 11.6. The minimum absolute atomic E-state index is 0.0712. The number of hydrogen-bond donors (Lipinski definition) is 3. The Morgan fingerprint density at radius 1 is 0.971 bits per heavy atom. The van der Waals surface area contributed by atoms with Crippen molar-refractivity contribution in [2.24, 2.45) is 0 Å². The molecule has 3 aromatic carbocycles. The molecule has 4 rings (SSSR count). The maximum Gasteiger partial charge on any atom is 0.337 e. The molecule has 0 aliphatic heterocycles. The van der Waals surface area contributed by atoms with Gasteiger partial charge in [-0.1, -0.05) is 36.4 Å². The number of ether oxygens (including phenoxy) is 3. The number of aliphatic hydroxyl groups excluding tert-OH is 1. The number of hydrogen-bond acceptors (Lipinski definition) is 6. The van der Waals surface area contributed by atoms with E-state index >= 15 is 0 Å². The van der Waals surface area contributed by atoms with Crippen molar-refractivity contribution < 1.29 is 24.1 Å². The fraction of sp³-hybridized carbons (Fsp3) is 0.250. The van der Waals surface area contributed by atoms with Crippen molar-refractivity contribution in [3.8, 4) is 11.5 Å². The van der Waals surface area contributed by atoms with Gasteiger partial charge in [0.1, 0.15) is 24.2 Å². The number of carbonyl (C=O) groups excluding carboxylic acids is 1. The minimum atomic E-state index is -0.726. The zero-order valence-corrected chi connectivity index (χ0v) is 19.9. The second-order valence-corrected chi connectivity index (χ2v) is 8.26. The summed E-state index contributed by atoms with van der Waals surface area (Å²) in [4.78, 5) is 15.1. The second-order valence-electron chi connectivity index (χ2n) is 8.26. The van der Waals surface area contributed by atoms with Gasteiger partial charge in [-0.15, -0.1) is 0 Å². The summed E-state index contributed by atoms with van der Waals surface area (Å²) in [5, 5.41) is 15.0. The van der Waals surface area contributed by atoms with E-state index < -0.39 is 12.1 Å². The molecule has 2 atom stereocenters. The molecule has 35 heavy (non-hydrogen) atoms. The SMILES string of the molecule is COC(=O)c1cccc(OC[C@H](O)CNC[C@@H](c2ccc(OC)cc2)c2c[nH]c3ccccc23)c1. The smallest absolute Gasteiger partial charge is 0.337 e. The van der Waals surface area contributed by atoms with Crippen LogP contribution in [-0.2, 0) is 4.74 Å². The summed E-state index contributed by atoms with van der Waals surface area (Å²) in [6.07, 6.45) is 1.32. The Balaban J connectivity index is 1.40. The number of H-pyrrole nitrogens is 1. The highest BCUT2D eigenvalue weighted by molar-refractivity contribution is 5.89. The van der Waals surface area contributed by atoms with E-state index in [0.29, 0.717) is 24.4 Å². The van der Waals surface area contributed by atoms with E-state index in [1.54, 1.807) is 31.4 Å². The van der Waals surface area contributed by atoms with Crippen LogP contribution in [0, 0.1) is 0 Å². The van der Waals surface area contributed by atoms with Gasteiger partial charge in [-0.2, -0.15) is 0 Å². The first kappa shape index (κ1) is 24.3. The maximum atomic E-state index is 11.7. The first-order valence-corrected chi connectivity index (χ1v) is 11.5. The van der Waals surface area contributed by atoms with Gasteiger partial charge in [0.25, 0.3) is 0 Å². The average molecular weight is 475 g/mol. The number of carbonyl (C=O) groups is 1. The van der Waals surface area contributed by atoms with Crippen LogP contribution < -0.4 is 14.8 Å². The van der Waals surface area contributed by atoms with E-state index in [-0.39, 0.29) is 12.5 Å². The number of rotatable bonds is 11. The van der Waals surface area contributed by atoms with Gasteiger partial charge in [0, 0.05) is 36.1 Å². The van der Waals surface area contributed by atoms with Gasteiger partial charge >= 0.3 is 5.97 Å². The van der Waals surface area contributed by atoms with Crippen molar-refractivity contribution in [1.29, 1.82) is 0 Å². The van der Waals surface area contributed by atoms with Crippen molar-refractivity contribution in [2.45, 2.75) is 12.0 Å². The predicted molar refractivity (Wildman–Crippen MR) is 135 cm³/mol. The van der Waals surface area contributed by atoms with Gasteiger partial charge in [0.05, 0.1) is 19.8 Å². The van der Waals surface area contributed by atoms with E-state index in [1.807, 2.05) is 24.3 Å². The Hall–Kier alpha value is -3.81. The fourth-order valence-electron chi connectivity index (χ4n) is 4.10. The number of methoxy groups -OCH3 is 2. The molecule has 0 saturated carbocycles. The highest BCUT2D eigenvalue weighted by atomic mass is 16.5. The van der Waals surface area contributed by atoms with Crippen LogP contribution in [0.2, 0.25) is 0 Å². The van der Waals surface area contributed by atoms with Crippen LogP contribution in [-0.4, -0.2) is 56.1 Å². The quantitative estimate of drug-likeness (QED) is 0.283. The van der Waals surface area contributed by atoms with Crippen LogP contribution in [0.15, 0.2) is 79.0 Å². The Bertz CT molecular complexity index is 1250. The van der Waals surface area contributed by atoms with Crippen molar-refractivity contribution in [2.75, 3.05) is 33.9 Å². The largest absolute Gasteiger partial charge is 0.497 e. The molecule has 0 saturated heterocycles. The normalized spacial score (nSPS) is 12.8. The van der Waals surface area contributed by atoms with Crippen molar-refractivity contribution >= 4 is 16.9 Å². The summed E-state index contributed by atoms with van der Waals surface area (Å²) < 4.78 is 15.7. The van der Waals surface area contributed by atoms with Crippen molar-refractivity contribution in [1.82, 2.24) is 10.3 Å². The Kier molecular flexibility index (Phi) is 8.03. The van der Waals surface area contributed by atoms with Gasteiger partial charge in [-0.3, -0.25) is 0 Å². The molecule has 0 spiro atoms. The summed E-state index contributed by atoms with van der Waals surface area (Å²) in [7, 11) is 2.99. The van der Waals surface area contributed by atoms with Crippen LogP contribution in [0.5, 0.6) is 11.5 Å². The first-order valence-electron chi connectivity index (χ1n) is 11.5. The Morgan fingerprint density at radius 2 is 1.77 bits per heavy atom. The highest BCUT2D eigenvalue weighted by Crippen LogP contribution is 2.31. The average Bonchev–Trinajstić information content (AvgIpc) is 3.33. The molecule has 4 aromatic rings. The van der Waals surface area contributed by atoms with Gasteiger partial charge in [0.2, 0.25) is 0 Å². The van der Waals surface area contributed by atoms with E-state index in [4.69, 9.17) is 14.2 Å². The lowest BCUT2D eigenvalue weighted by Gasteiger charge is -2.20. The molecule has 0 aliphatic carbocycles. The molecule has 0 unspecified atom stereocenters. The molecule has 7 nitrogen and oxygen atoms in total. The molecule has 1 aromatic heterocycles. The molecule has 182 valence electrons.